The fraction of sp³-hybridized carbons (Fsp3) is 0.700. The predicted octanol–water partition coefficient (Wildman–Crippen LogP) is 4.82. The molecule has 2 nitrogen and oxygen atoms in total. The molecule has 0 amide bonds. The Morgan fingerprint density at radius 2 is 1.45 bits per heavy atom. The van der Waals surface area contributed by atoms with E-state index in [1.807, 2.05) is 0 Å². The summed E-state index contributed by atoms with van der Waals surface area (Å²) in [5.74, 6) is 1.66. The van der Waals surface area contributed by atoms with Crippen LogP contribution in [0, 0.1) is 5.92 Å². The second kappa shape index (κ2) is 7.04. The van der Waals surface area contributed by atoms with Gasteiger partial charge in [0.05, 0.1) is 7.11 Å². The minimum Gasteiger partial charge on any atom is -0.496 e. The van der Waals surface area contributed by atoms with Crippen molar-refractivity contribution in [1.29, 1.82) is 0 Å². The molecule has 0 spiro atoms. The molecule has 0 aromatic heterocycles. The van der Waals surface area contributed by atoms with Crippen molar-refractivity contribution in [2.75, 3.05) is 13.7 Å². The third-order valence-corrected chi connectivity index (χ3v) is 4.21. The lowest BCUT2D eigenvalue weighted by molar-refractivity contribution is 0.380. The van der Waals surface area contributed by atoms with Gasteiger partial charge in [-0.15, -0.1) is 0 Å². The van der Waals surface area contributed by atoms with E-state index in [0.29, 0.717) is 5.92 Å². The first-order valence-corrected chi connectivity index (χ1v) is 8.42. The number of benzene rings is 1. The highest BCUT2D eigenvalue weighted by molar-refractivity contribution is 5.51. The van der Waals surface area contributed by atoms with Crippen LogP contribution in [0.2, 0.25) is 0 Å². The van der Waals surface area contributed by atoms with Gasteiger partial charge in [-0.3, -0.25) is 0 Å². The van der Waals surface area contributed by atoms with Gasteiger partial charge in [0, 0.05) is 11.1 Å². The topological polar surface area (TPSA) is 35.2 Å². The van der Waals surface area contributed by atoms with Crippen LogP contribution in [0.1, 0.15) is 71.6 Å². The number of hydrogen-bond acceptors (Lipinski definition) is 2. The fourth-order valence-corrected chi connectivity index (χ4v) is 2.93. The standard InChI is InChI=1S/C20H35NO/c1-14(9-10-21)11-15-12-16(19(2,3)4)18(22-8)17(13-15)20(5,6)7/h12-14H,9-11,21H2,1-8H3. The summed E-state index contributed by atoms with van der Waals surface area (Å²) in [6.45, 7) is 16.6. The summed E-state index contributed by atoms with van der Waals surface area (Å²) >= 11 is 0. The predicted molar refractivity (Wildman–Crippen MR) is 96.9 cm³/mol. The zero-order valence-electron chi connectivity index (χ0n) is 15.8. The molecular weight excluding hydrogens is 270 g/mol. The molecule has 1 unspecified atom stereocenters. The number of ether oxygens (including phenoxy) is 1. The van der Waals surface area contributed by atoms with Gasteiger partial charge in [-0.25, -0.2) is 0 Å². The van der Waals surface area contributed by atoms with Crippen molar-refractivity contribution < 1.29 is 4.74 Å². The number of hydrogen-bond donors (Lipinski definition) is 1. The van der Waals surface area contributed by atoms with Crippen molar-refractivity contribution >= 4 is 0 Å². The summed E-state index contributed by atoms with van der Waals surface area (Å²) in [5, 5.41) is 0. The highest BCUT2D eigenvalue weighted by Crippen LogP contribution is 2.40. The van der Waals surface area contributed by atoms with E-state index in [0.717, 1.165) is 25.1 Å². The molecule has 126 valence electrons. The minimum atomic E-state index is 0.0679. The Bertz CT molecular complexity index is 456. The molecule has 0 radical (unpaired) electrons. The Hall–Kier alpha value is -1.02. The first kappa shape index (κ1) is 19.0. The Labute approximate surface area is 137 Å². The summed E-state index contributed by atoms with van der Waals surface area (Å²) < 4.78 is 5.82. The maximum absolute atomic E-state index is 5.82. The molecule has 2 N–H and O–H groups in total. The Morgan fingerprint density at radius 1 is 1.00 bits per heavy atom. The summed E-state index contributed by atoms with van der Waals surface area (Å²) in [7, 11) is 1.79. The van der Waals surface area contributed by atoms with E-state index in [1.54, 1.807) is 7.11 Å². The van der Waals surface area contributed by atoms with Crippen LogP contribution >= 0.6 is 0 Å². The van der Waals surface area contributed by atoms with Gasteiger partial charge in [-0.05, 0) is 41.7 Å². The largest absolute Gasteiger partial charge is 0.496 e. The first-order valence-electron chi connectivity index (χ1n) is 8.42. The molecule has 0 saturated carbocycles. The van der Waals surface area contributed by atoms with Gasteiger partial charge in [0.1, 0.15) is 5.75 Å². The van der Waals surface area contributed by atoms with Crippen LogP contribution in [0.15, 0.2) is 12.1 Å². The Morgan fingerprint density at radius 3 is 1.77 bits per heavy atom. The van der Waals surface area contributed by atoms with Crippen molar-refractivity contribution in [3.8, 4) is 5.75 Å². The summed E-state index contributed by atoms with van der Waals surface area (Å²) in [6.07, 6.45) is 2.15. The van der Waals surface area contributed by atoms with Crippen LogP contribution < -0.4 is 10.5 Å². The molecular formula is C20H35NO. The van der Waals surface area contributed by atoms with Crippen molar-refractivity contribution in [1.82, 2.24) is 0 Å². The molecule has 1 aromatic carbocycles. The molecule has 0 aliphatic heterocycles. The van der Waals surface area contributed by atoms with Gasteiger partial charge in [-0.2, -0.15) is 0 Å². The van der Waals surface area contributed by atoms with E-state index in [2.05, 4.69) is 60.6 Å². The Kier molecular flexibility index (Phi) is 6.09. The lowest BCUT2D eigenvalue weighted by Crippen LogP contribution is -2.20. The highest BCUT2D eigenvalue weighted by atomic mass is 16.5. The summed E-state index contributed by atoms with van der Waals surface area (Å²) in [6, 6.07) is 4.67. The number of nitrogens with two attached hydrogens (primary N) is 1. The van der Waals surface area contributed by atoms with E-state index in [4.69, 9.17) is 10.5 Å². The highest BCUT2D eigenvalue weighted by Gasteiger charge is 2.27. The van der Waals surface area contributed by atoms with Gasteiger partial charge < -0.3 is 10.5 Å². The molecule has 0 saturated heterocycles. The van der Waals surface area contributed by atoms with E-state index >= 15 is 0 Å². The molecule has 0 aliphatic rings. The maximum Gasteiger partial charge on any atom is 0.126 e. The van der Waals surface area contributed by atoms with E-state index in [1.165, 1.54) is 16.7 Å². The van der Waals surface area contributed by atoms with Crippen molar-refractivity contribution in [3.63, 3.8) is 0 Å². The van der Waals surface area contributed by atoms with Gasteiger partial charge in [0.25, 0.3) is 0 Å². The summed E-state index contributed by atoms with van der Waals surface area (Å²) in [5.41, 5.74) is 9.85. The van der Waals surface area contributed by atoms with E-state index < -0.39 is 0 Å². The number of methoxy groups -OCH3 is 1. The molecule has 1 atom stereocenters. The smallest absolute Gasteiger partial charge is 0.126 e. The van der Waals surface area contributed by atoms with E-state index in [-0.39, 0.29) is 10.8 Å². The summed E-state index contributed by atoms with van der Waals surface area (Å²) in [4.78, 5) is 0. The van der Waals surface area contributed by atoms with Gasteiger partial charge in [0.15, 0.2) is 0 Å². The van der Waals surface area contributed by atoms with Gasteiger partial charge in [-0.1, -0.05) is 60.6 Å². The second-order valence-electron chi connectivity index (χ2n) is 8.61. The number of rotatable bonds is 5. The molecule has 0 bridgehead atoms. The zero-order valence-corrected chi connectivity index (χ0v) is 15.8. The average molecular weight is 306 g/mol. The SMILES string of the molecule is COc1c(C(C)(C)C)cc(CC(C)CCN)cc1C(C)(C)C. The lowest BCUT2D eigenvalue weighted by atomic mass is 9.77. The van der Waals surface area contributed by atoms with Crippen molar-refractivity contribution in [2.45, 2.75) is 72.1 Å². The van der Waals surface area contributed by atoms with Crippen LogP contribution in [0.3, 0.4) is 0 Å². The molecule has 0 fully saturated rings. The van der Waals surface area contributed by atoms with Gasteiger partial charge >= 0.3 is 0 Å². The van der Waals surface area contributed by atoms with E-state index in [9.17, 15) is 0 Å². The van der Waals surface area contributed by atoms with Crippen molar-refractivity contribution in [3.05, 3.63) is 28.8 Å². The Balaban J connectivity index is 3.43. The molecule has 1 aromatic rings. The fourth-order valence-electron chi connectivity index (χ4n) is 2.93. The van der Waals surface area contributed by atoms with Gasteiger partial charge in [0.2, 0.25) is 0 Å². The zero-order chi connectivity index (χ0) is 17.1. The second-order valence-corrected chi connectivity index (χ2v) is 8.61. The minimum absolute atomic E-state index is 0.0679. The van der Waals surface area contributed by atoms with Crippen molar-refractivity contribution in [2.24, 2.45) is 11.7 Å². The monoisotopic (exact) mass is 305 g/mol. The van der Waals surface area contributed by atoms with Crippen LogP contribution in [-0.2, 0) is 17.3 Å². The van der Waals surface area contributed by atoms with Crippen LogP contribution in [-0.4, -0.2) is 13.7 Å². The quantitative estimate of drug-likeness (QED) is 0.846. The molecule has 22 heavy (non-hydrogen) atoms. The normalized spacial score (nSPS) is 14.0. The molecule has 0 aliphatic carbocycles. The third kappa shape index (κ3) is 4.74. The molecule has 1 rings (SSSR count). The lowest BCUT2D eigenvalue weighted by Gasteiger charge is -2.30. The molecule has 0 heterocycles. The van der Waals surface area contributed by atoms with Crippen LogP contribution in [0.5, 0.6) is 5.75 Å². The van der Waals surface area contributed by atoms with Crippen LogP contribution in [0.25, 0.3) is 0 Å². The maximum atomic E-state index is 5.82. The molecule has 2 heteroatoms. The third-order valence-electron chi connectivity index (χ3n) is 4.21. The first-order chi connectivity index (χ1) is 10.0. The average Bonchev–Trinajstić information content (AvgIpc) is 2.35. The van der Waals surface area contributed by atoms with Crippen LogP contribution in [0.4, 0.5) is 0 Å².